The highest BCUT2D eigenvalue weighted by molar-refractivity contribution is 5.96. The molecule has 8 heteroatoms. The Labute approximate surface area is 129 Å². The Balaban J connectivity index is 0.00000220. The zero-order chi connectivity index (χ0) is 14.5. The van der Waals surface area contributed by atoms with Crippen LogP contribution in [0.1, 0.15) is 6.92 Å². The van der Waals surface area contributed by atoms with Crippen molar-refractivity contribution in [2.75, 3.05) is 19.5 Å². The van der Waals surface area contributed by atoms with E-state index in [2.05, 4.69) is 20.8 Å². The van der Waals surface area contributed by atoms with Gasteiger partial charge < -0.3 is 15.4 Å². The van der Waals surface area contributed by atoms with Gasteiger partial charge in [0, 0.05) is 0 Å². The number of benzene rings is 1. The number of likely N-dealkylation sites (N-methyl/N-ethyl adjacent to an activating group) is 1. The van der Waals surface area contributed by atoms with Gasteiger partial charge in [0.25, 0.3) is 0 Å². The van der Waals surface area contributed by atoms with Crippen molar-refractivity contribution in [3.05, 3.63) is 30.9 Å². The number of anilines is 1. The summed E-state index contributed by atoms with van der Waals surface area (Å²) >= 11 is 0. The number of nitrogens with zero attached hydrogens (tertiary/aromatic N) is 3. The highest BCUT2D eigenvalue weighted by atomic mass is 35.5. The van der Waals surface area contributed by atoms with Crippen LogP contribution in [0, 0.1) is 0 Å². The third-order valence-electron chi connectivity index (χ3n) is 2.98. The van der Waals surface area contributed by atoms with Gasteiger partial charge in [-0.3, -0.25) is 9.36 Å². The van der Waals surface area contributed by atoms with Crippen LogP contribution in [-0.4, -0.2) is 40.9 Å². The van der Waals surface area contributed by atoms with Crippen LogP contribution in [0.2, 0.25) is 0 Å². The Hall–Kier alpha value is -2.12. The van der Waals surface area contributed by atoms with Crippen molar-refractivity contribution in [3.63, 3.8) is 0 Å². The number of nitrogens with one attached hydrogen (secondary N) is 2. The van der Waals surface area contributed by atoms with Gasteiger partial charge >= 0.3 is 0 Å². The van der Waals surface area contributed by atoms with E-state index in [9.17, 15) is 4.79 Å². The van der Waals surface area contributed by atoms with Crippen LogP contribution in [-0.2, 0) is 4.79 Å². The predicted molar refractivity (Wildman–Crippen MR) is 82.3 cm³/mol. The quantitative estimate of drug-likeness (QED) is 0.868. The highest BCUT2D eigenvalue weighted by Crippen LogP contribution is 2.27. The molecule has 1 aromatic heterocycles. The first-order valence-electron chi connectivity index (χ1n) is 6.17. The van der Waals surface area contributed by atoms with Crippen molar-refractivity contribution in [3.8, 4) is 11.4 Å². The molecule has 1 aromatic carbocycles. The third-order valence-corrected chi connectivity index (χ3v) is 2.98. The summed E-state index contributed by atoms with van der Waals surface area (Å²) in [5.74, 6) is 0.463. The monoisotopic (exact) mass is 311 g/mol. The third kappa shape index (κ3) is 3.93. The van der Waals surface area contributed by atoms with E-state index in [0.29, 0.717) is 11.4 Å². The van der Waals surface area contributed by atoms with Crippen LogP contribution in [0.25, 0.3) is 5.69 Å². The molecule has 2 N–H and O–H groups in total. The lowest BCUT2D eigenvalue weighted by molar-refractivity contribution is -0.117. The van der Waals surface area contributed by atoms with E-state index in [0.717, 1.165) is 5.69 Å². The van der Waals surface area contributed by atoms with Crippen LogP contribution in [0.3, 0.4) is 0 Å². The molecule has 0 aliphatic heterocycles. The molecule has 0 saturated carbocycles. The minimum atomic E-state index is -0.293. The number of hydrogen-bond acceptors (Lipinski definition) is 5. The standard InChI is InChI=1S/C13H17N5O2.ClH/c1-9(14-2)13(19)17-11-6-10(4-5-12(11)20-3)18-7-15-16-8-18;/h4-9,14H,1-3H3,(H,17,19);1H/t9-;/m0./s1. The molecular weight excluding hydrogens is 294 g/mol. The fraction of sp³-hybridized carbons (Fsp3) is 0.308. The van der Waals surface area contributed by atoms with Crippen molar-refractivity contribution in [2.24, 2.45) is 0 Å². The summed E-state index contributed by atoms with van der Waals surface area (Å²) in [7, 11) is 3.29. The Bertz CT molecular complexity index is 588. The predicted octanol–water partition coefficient (Wildman–Crippen LogP) is 1.24. The summed E-state index contributed by atoms with van der Waals surface area (Å²) in [6, 6.07) is 5.16. The molecular formula is C13H18ClN5O2. The first-order valence-corrected chi connectivity index (χ1v) is 6.17. The van der Waals surface area contributed by atoms with Crippen molar-refractivity contribution in [1.82, 2.24) is 20.1 Å². The maximum atomic E-state index is 11.9. The molecule has 2 aromatic rings. The minimum Gasteiger partial charge on any atom is -0.495 e. The molecule has 1 amide bonds. The van der Waals surface area contributed by atoms with E-state index in [1.54, 1.807) is 44.4 Å². The second kappa shape index (κ2) is 7.61. The van der Waals surface area contributed by atoms with Gasteiger partial charge in [0.1, 0.15) is 18.4 Å². The topological polar surface area (TPSA) is 81.1 Å². The van der Waals surface area contributed by atoms with Crippen LogP contribution in [0.5, 0.6) is 5.75 Å². The van der Waals surface area contributed by atoms with E-state index >= 15 is 0 Å². The number of methoxy groups -OCH3 is 1. The summed E-state index contributed by atoms with van der Waals surface area (Å²) in [5, 5.41) is 13.2. The smallest absolute Gasteiger partial charge is 0.241 e. The molecule has 0 aliphatic rings. The number of halogens is 1. The molecule has 114 valence electrons. The van der Waals surface area contributed by atoms with Crippen molar-refractivity contribution in [2.45, 2.75) is 13.0 Å². The summed E-state index contributed by atoms with van der Waals surface area (Å²) in [4.78, 5) is 11.9. The molecule has 1 heterocycles. The first kappa shape index (κ1) is 16.9. The number of carbonyl (C=O) groups excluding carboxylic acids is 1. The molecule has 1 atom stereocenters. The molecule has 0 spiro atoms. The van der Waals surface area contributed by atoms with Gasteiger partial charge in [-0.2, -0.15) is 0 Å². The fourth-order valence-corrected chi connectivity index (χ4v) is 1.66. The van der Waals surface area contributed by atoms with Gasteiger partial charge in [-0.1, -0.05) is 0 Å². The summed E-state index contributed by atoms with van der Waals surface area (Å²) < 4.78 is 7.00. The van der Waals surface area contributed by atoms with Crippen LogP contribution >= 0.6 is 12.4 Å². The Morgan fingerprint density at radius 2 is 2.00 bits per heavy atom. The lowest BCUT2D eigenvalue weighted by Crippen LogP contribution is -2.35. The molecule has 21 heavy (non-hydrogen) atoms. The van der Waals surface area contributed by atoms with Crippen LogP contribution in [0.4, 0.5) is 5.69 Å². The number of rotatable bonds is 5. The van der Waals surface area contributed by atoms with Gasteiger partial charge in [-0.15, -0.1) is 22.6 Å². The molecule has 0 radical (unpaired) electrons. The van der Waals surface area contributed by atoms with Gasteiger partial charge in [-0.05, 0) is 32.2 Å². The first-order chi connectivity index (χ1) is 9.65. The molecule has 0 bridgehead atoms. The lowest BCUT2D eigenvalue weighted by atomic mass is 10.2. The van der Waals surface area contributed by atoms with Crippen molar-refractivity contribution < 1.29 is 9.53 Å². The number of aromatic nitrogens is 3. The maximum absolute atomic E-state index is 11.9. The largest absolute Gasteiger partial charge is 0.495 e. The van der Waals surface area contributed by atoms with Gasteiger partial charge in [0.15, 0.2) is 0 Å². The minimum absolute atomic E-state index is 0. The van der Waals surface area contributed by atoms with E-state index in [1.165, 1.54) is 0 Å². The van der Waals surface area contributed by atoms with Gasteiger partial charge in [0.05, 0.1) is 24.5 Å². The molecule has 0 saturated heterocycles. The van der Waals surface area contributed by atoms with E-state index in [4.69, 9.17) is 4.74 Å². The molecule has 0 unspecified atom stereocenters. The van der Waals surface area contributed by atoms with Crippen LogP contribution in [0.15, 0.2) is 30.9 Å². The zero-order valence-corrected chi connectivity index (χ0v) is 12.8. The average Bonchev–Trinajstić information content (AvgIpc) is 3.00. The second-order valence-corrected chi connectivity index (χ2v) is 4.25. The number of amides is 1. The second-order valence-electron chi connectivity index (χ2n) is 4.25. The molecule has 0 fully saturated rings. The number of hydrogen-bond donors (Lipinski definition) is 2. The van der Waals surface area contributed by atoms with Gasteiger partial charge in [0.2, 0.25) is 5.91 Å². The molecule has 7 nitrogen and oxygen atoms in total. The van der Waals surface area contributed by atoms with Crippen LogP contribution < -0.4 is 15.4 Å². The summed E-state index contributed by atoms with van der Waals surface area (Å²) in [6.07, 6.45) is 3.17. The maximum Gasteiger partial charge on any atom is 0.241 e. The summed E-state index contributed by atoms with van der Waals surface area (Å²) in [6.45, 7) is 1.78. The van der Waals surface area contributed by atoms with Crippen molar-refractivity contribution in [1.29, 1.82) is 0 Å². The lowest BCUT2D eigenvalue weighted by Gasteiger charge is -2.15. The Morgan fingerprint density at radius 3 is 2.57 bits per heavy atom. The fourth-order valence-electron chi connectivity index (χ4n) is 1.66. The Kier molecular flexibility index (Phi) is 6.13. The normalized spacial score (nSPS) is 11.4. The number of carbonyl (C=O) groups is 1. The van der Waals surface area contributed by atoms with Gasteiger partial charge in [-0.25, -0.2) is 0 Å². The molecule has 0 aliphatic carbocycles. The summed E-state index contributed by atoms with van der Waals surface area (Å²) in [5.41, 5.74) is 1.44. The van der Waals surface area contributed by atoms with E-state index < -0.39 is 0 Å². The van der Waals surface area contributed by atoms with Crippen molar-refractivity contribution >= 4 is 24.0 Å². The average molecular weight is 312 g/mol. The number of ether oxygens (including phenoxy) is 1. The Morgan fingerprint density at radius 1 is 1.33 bits per heavy atom. The zero-order valence-electron chi connectivity index (χ0n) is 12.0. The van der Waals surface area contributed by atoms with E-state index in [1.807, 2.05) is 12.1 Å². The SMILES string of the molecule is CN[C@@H](C)C(=O)Nc1cc(-n2cnnc2)ccc1OC.Cl. The highest BCUT2D eigenvalue weighted by Gasteiger charge is 2.13. The molecule has 2 rings (SSSR count). The van der Waals surface area contributed by atoms with E-state index in [-0.39, 0.29) is 24.4 Å².